The summed E-state index contributed by atoms with van der Waals surface area (Å²) in [5, 5.41) is 2.70. The Balaban J connectivity index is 3.09. The number of carbonyl (C=O) groups excluding carboxylic acids is 2. The lowest BCUT2D eigenvalue weighted by atomic mass is 9.95. The van der Waals surface area contributed by atoms with E-state index < -0.39 is 12.0 Å². The summed E-state index contributed by atoms with van der Waals surface area (Å²) in [5.74, 6) is 0.443. The molecule has 0 radical (unpaired) electrons. The third-order valence-corrected chi connectivity index (χ3v) is 4.10. The number of amides is 1. The molecule has 0 aromatic heterocycles. The maximum absolute atomic E-state index is 12.6. The van der Waals surface area contributed by atoms with Crippen LogP contribution in [0.1, 0.15) is 48.5 Å². The lowest BCUT2D eigenvalue weighted by Crippen LogP contribution is -2.42. The van der Waals surface area contributed by atoms with Crippen molar-refractivity contribution in [2.45, 2.75) is 38.6 Å². The molecule has 0 heterocycles. The third-order valence-electron chi connectivity index (χ3n) is 3.85. The van der Waals surface area contributed by atoms with E-state index in [4.69, 9.17) is 9.47 Å². The van der Waals surface area contributed by atoms with Gasteiger partial charge in [-0.2, -0.15) is 12.6 Å². The van der Waals surface area contributed by atoms with Gasteiger partial charge < -0.3 is 14.8 Å². The van der Waals surface area contributed by atoms with Gasteiger partial charge in [-0.1, -0.05) is 26.0 Å². The molecule has 1 N–H and O–H groups in total. The molecule has 0 aliphatic carbocycles. The van der Waals surface area contributed by atoms with Crippen molar-refractivity contribution in [2.75, 3.05) is 20.0 Å². The van der Waals surface area contributed by atoms with Crippen LogP contribution in [0.4, 0.5) is 0 Å². The highest BCUT2D eigenvalue weighted by molar-refractivity contribution is 7.80. The second kappa shape index (κ2) is 9.45. The summed E-state index contributed by atoms with van der Waals surface area (Å²) in [6.07, 6.45) is 1.33. The van der Waals surface area contributed by atoms with E-state index in [0.29, 0.717) is 23.5 Å². The van der Waals surface area contributed by atoms with Crippen LogP contribution in [-0.4, -0.2) is 37.9 Å². The first kappa shape index (κ1) is 19.4. The van der Waals surface area contributed by atoms with Gasteiger partial charge in [0.1, 0.15) is 11.8 Å². The predicted octanol–water partition coefficient (Wildman–Crippen LogP) is 2.80. The number of benzene rings is 1. The minimum absolute atomic E-state index is 0.270. The average molecular weight is 339 g/mol. The molecule has 0 saturated heterocycles. The van der Waals surface area contributed by atoms with Crippen LogP contribution in [0.15, 0.2) is 18.2 Å². The molecular weight excluding hydrogens is 314 g/mol. The minimum atomic E-state index is -0.720. The molecule has 128 valence electrons. The third kappa shape index (κ3) is 4.89. The first-order chi connectivity index (χ1) is 11.0. The Morgan fingerprint density at radius 2 is 2.00 bits per heavy atom. The molecule has 0 aliphatic rings. The highest BCUT2D eigenvalue weighted by Gasteiger charge is 2.24. The van der Waals surface area contributed by atoms with E-state index >= 15 is 0 Å². The number of ether oxygens (including phenoxy) is 2. The van der Waals surface area contributed by atoms with Gasteiger partial charge in [-0.3, -0.25) is 4.79 Å². The van der Waals surface area contributed by atoms with E-state index in [1.165, 1.54) is 7.11 Å². The Hall–Kier alpha value is -1.69. The van der Waals surface area contributed by atoms with Gasteiger partial charge in [-0.25, -0.2) is 4.79 Å². The van der Waals surface area contributed by atoms with Gasteiger partial charge in [-0.05, 0) is 36.1 Å². The fourth-order valence-corrected chi connectivity index (χ4v) is 2.58. The van der Waals surface area contributed by atoms with E-state index in [1.54, 1.807) is 13.2 Å². The Morgan fingerprint density at radius 3 is 2.52 bits per heavy atom. The van der Waals surface area contributed by atoms with Crippen LogP contribution in [0.25, 0.3) is 0 Å². The molecule has 6 heteroatoms. The summed E-state index contributed by atoms with van der Waals surface area (Å²) in [5.41, 5.74) is 1.39. The zero-order chi connectivity index (χ0) is 17.4. The maximum Gasteiger partial charge on any atom is 0.328 e. The van der Waals surface area contributed by atoms with Crippen molar-refractivity contribution in [2.24, 2.45) is 0 Å². The molecule has 0 spiro atoms. The van der Waals surface area contributed by atoms with Crippen molar-refractivity contribution in [1.82, 2.24) is 5.32 Å². The standard InChI is InChI=1S/C17H25NO4S/c1-5-11(2)12-7-6-8-13(15(12)21-3)16(19)18-14(9-10-23)17(20)22-4/h6-8,11,14,23H,5,9-10H2,1-4H3,(H,18,19)/t11?,14-/m0/s1. The Bertz CT molecular complexity index is 547. The predicted molar refractivity (Wildman–Crippen MR) is 93.4 cm³/mol. The molecule has 1 amide bonds. The normalized spacial score (nSPS) is 13.1. The second-order valence-corrected chi connectivity index (χ2v) is 5.75. The topological polar surface area (TPSA) is 64.6 Å². The fourth-order valence-electron chi connectivity index (χ4n) is 2.33. The van der Waals surface area contributed by atoms with Crippen molar-refractivity contribution >= 4 is 24.5 Å². The van der Waals surface area contributed by atoms with Crippen molar-refractivity contribution < 1.29 is 19.1 Å². The van der Waals surface area contributed by atoms with Crippen molar-refractivity contribution in [3.05, 3.63) is 29.3 Å². The highest BCUT2D eigenvalue weighted by atomic mass is 32.1. The van der Waals surface area contributed by atoms with Gasteiger partial charge in [0.15, 0.2) is 0 Å². The van der Waals surface area contributed by atoms with Crippen molar-refractivity contribution in [3.63, 3.8) is 0 Å². The summed E-state index contributed by atoms with van der Waals surface area (Å²) in [4.78, 5) is 24.3. The zero-order valence-electron chi connectivity index (χ0n) is 14.1. The van der Waals surface area contributed by atoms with Crippen LogP contribution >= 0.6 is 12.6 Å². The first-order valence-corrected chi connectivity index (χ1v) is 8.29. The molecule has 2 atom stereocenters. The molecule has 1 aromatic rings. The lowest BCUT2D eigenvalue weighted by Gasteiger charge is -2.19. The molecule has 0 aliphatic heterocycles. The van der Waals surface area contributed by atoms with Gasteiger partial charge in [0.05, 0.1) is 19.8 Å². The fraction of sp³-hybridized carbons (Fsp3) is 0.529. The lowest BCUT2D eigenvalue weighted by molar-refractivity contribution is -0.142. The molecule has 0 fully saturated rings. The maximum atomic E-state index is 12.6. The quantitative estimate of drug-likeness (QED) is 0.565. The van der Waals surface area contributed by atoms with Gasteiger partial charge in [0.25, 0.3) is 5.91 Å². The molecule has 1 unspecified atom stereocenters. The molecule has 5 nitrogen and oxygen atoms in total. The van der Waals surface area contributed by atoms with Crippen LogP contribution in [0, 0.1) is 0 Å². The summed E-state index contributed by atoms with van der Waals surface area (Å²) in [7, 11) is 2.84. The monoisotopic (exact) mass is 339 g/mol. The SMILES string of the molecule is CCC(C)c1cccc(C(=O)N[C@@H](CCS)C(=O)OC)c1OC. The number of esters is 1. The Morgan fingerprint density at radius 1 is 1.30 bits per heavy atom. The summed E-state index contributed by atoms with van der Waals surface area (Å²) >= 11 is 4.11. The number of para-hydroxylation sites is 1. The molecule has 0 bridgehead atoms. The van der Waals surface area contributed by atoms with Crippen LogP contribution < -0.4 is 10.1 Å². The molecular formula is C17H25NO4S. The van der Waals surface area contributed by atoms with Gasteiger partial charge in [-0.15, -0.1) is 0 Å². The van der Waals surface area contributed by atoms with E-state index in [9.17, 15) is 9.59 Å². The Labute approximate surface area is 143 Å². The highest BCUT2D eigenvalue weighted by Crippen LogP contribution is 2.31. The smallest absolute Gasteiger partial charge is 0.328 e. The number of nitrogens with one attached hydrogen (secondary N) is 1. The van der Waals surface area contributed by atoms with E-state index in [-0.39, 0.29) is 11.8 Å². The van der Waals surface area contributed by atoms with Crippen LogP contribution in [0.5, 0.6) is 5.75 Å². The van der Waals surface area contributed by atoms with Crippen molar-refractivity contribution in [1.29, 1.82) is 0 Å². The number of hydrogen-bond donors (Lipinski definition) is 2. The number of hydrogen-bond acceptors (Lipinski definition) is 5. The van der Waals surface area contributed by atoms with E-state index in [2.05, 4.69) is 31.8 Å². The second-order valence-electron chi connectivity index (χ2n) is 5.30. The number of methoxy groups -OCH3 is 2. The summed E-state index contributed by atoms with van der Waals surface area (Å²) in [6.45, 7) is 4.16. The van der Waals surface area contributed by atoms with E-state index in [1.807, 2.05) is 12.1 Å². The number of thiol groups is 1. The van der Waals surface area contributed by atoms with Gasteiger partial charge in [0, 0.05) is 0 Å². The van der Waals surface area contributed by atoms with Crippen LogP contribution in [0.3, 0.4) is 0 Å². The van der Waals surface area contributed by atoms with Gasteiger partial charge in [0.2, 0.25) is 0 Å². The minimum Gasteiger partial charge on any atom is -0.496 e. The molecule has 1 aromatic carbocycles. The average Bonchev–Trinajstić information content (AvgIpc) is 2.58. The largest absolute Gasteiger partial charge is 0.496 e. The molecule has 1 rings (SSSR count). The number of rotatable bonds is 8. The first-order valence-electron chi connectivity index (χ1n) is 7.66. The van der Waals surface area contributed by atoms with E-state index in [0.717, 1.165) is 12.0 Å². The van der Waals surface area contributed by atoms with Crippen LogP contribution in [-0.2, 0) is 9.53 Å². The Kier molecular flexibility index (Phi) is 7.95. The summed E-state index contributed by atoms with van der Waals surface area (Å²) < 4.78 is 10.2. The van der Waals surface area contributed by atoms with Gasteiger partial charge >= 0.3 is 5.97 Å². The zero-order valence-corrected chi connectivity index (χ0v) is 15.0. The van der Waals surface area contributed by atoms with Crippen molar-refractivity contribution in [3.8, 4) is 5.75 Å². The summed E-state index contributed by atoms with van der Waals surface area (Å²) in [6, 6.07) is 4.75. The number of carbonyl (C=O) groups is 2. The molecule has 0 saturated carbocycles. The molecule has 23 heavy (non-hydrogen) atoms. The van der Waals surface area contributed by atoms with Crippen LogP contribution in [0.2, 0.25) is 0 Å².